The second-order valence-electron chi connectivity index (χ2n) is 6.19. The number of nitrogens with zero attached hydrogens (tertiary/aromatic N) is 1. The van der Waals surface area contributed by atoms with Crippen molar-refractivity contribution in [2.45, 2.75) is 33.1 Å². The van der Waals surface area contributed by atoms with Gasteiger partial charge in [0.2, 0.25) is 0 Å². The molecule has 96 valence electrons. The summed E-state index contributed by atoms with van der Waals surface area (Å²) in [5.74, 6) is 1.47. The van der Waals surface area contributed by atoms with Crippen LogP contribution in [0.4, 0.5) is 0 Å². The summed E-state index contributed by atoms with van der Waals surface area (Å²) in [5.41, 5.74) is 7.43. The molecule has 0 radical (unpaired) electrons. The summed E-state index contributed by atoms with van der Waals surface area (Å²) in [4.78, 5) is 2.48. The van der Waals surface area contributed by atoms with Crippen LogP contribution in [0.5, 0.6) is 0 Å². The lowest BCUT2D eigenvalue weighted by atomic mass is 9.72. The Morgan fingerprint density at radius 2 is 1.83 bits per heavy atom. The molecule has 1 aromatic rings. The molecule has 1 aliphatic heterocycles. The molecule has 2 unspecified atom stereocenters. The fourth-order valence-corrected chi connectivity index (χ4v) is 3.56. The van der Waals surface area contributed by atoms with E-state index in [1.54, 1.807) is 5.56 Å². The zero-order valence-electron chi connectivity index (χ0n) is 12.0. The highest BCUT2D eigenvalue weighted by Gasteiger charge is 2.32. The number of hydrogen-bond acceptors (Lipinski definition) is 1. The van der Waals surface area contributed by atoms with Crippen molar-refractivity contribution in [2.75, 3.05) is 20.1 Å². The predicted molar refractivity (Wildman–Crippen MR) is 77.9 cm³/mol. The number of fused-ring (bicyclic) bond motifs is 3. The molecule has 3 rings (SSSR count). The van der Waals surface area contributed by atoms with Crippen LogP contribution in [0.1, 0.15) is 41.5 Å². The third-order valence-electron chi connectivity index (χ3n) is 4.82. The summed E-state index contributed by atoms with van der Waals surface area (Å²) in [6.07, 6.45) is 3.83. The molecule has 0 aromatic heterocycles. The molecule has 0 N–H and O–H groups in total. The van der Waals surface area contributed by atoms with Crippen LogP contribution in [0.3, 0.4) is 0 Å². The van der Waals surface area contributed by atoms with E-state index in [0.717, 1.165) is 5.92 Å². The molecule has 1 heterocycles. The van der Waals surface area contributed by atoms with Crippen molar-refractivity contribution in [1.82, 2.24) is 4.90 Å². The van der Waals surface area contributed by atoms with Crippen LogP contribution in [0.15, 0.2) is 18.2 Å². The Hall–Kier alpha value is -1.08. The molecule has 1 saturated heterocycles. The molecule has 2 aliphatic rings. The fourth-order valence-electron chi connectivity index (χ4n) is 3.56. The van der Waals surface area contributed by atoms with E-state index in [-0.39, 0.29) is 0 Å². The largest absolute Gasteiger partial charge is 0.306 e. The predicted octanol–water partition coefficient (Wildman–Crippen LogP) is 3.76. The average molecular weight is 241 g/mol. The molecule has 0 saturated carbocycles. The van der Waals surface area contributed by atoms with E-state index < -0.39 is 0 Å². The first-order valence-corrected chi connectivity index (χ1v) is 7.04. The first-order chi connectivity index (χ1) is 8.56. The number of aryl methyl sites for hydroxylation is 2. The standard InChI is InChI=1S/C17H23N/c1-11-8-15-13(3)7-14-5-6-18(4)10-17(14)16(15)9-12(11)2/h7-9,14,17H,5-6,10H2,1-4H3. The molecule has 0 amide bonds. The summed E-state index contributed by atoms with van der Waals surface area (Å²) < 4.78 is 0. The van der Waals surface area contributed by atoms with Gasteiger partial charge in [-0.3, -0.25) is 0 Å². The maximum Gasteiger partial charge on any atom is 0.00531 e. The van der Waals surface area contributed by atoms with Gasteiger partial charge >= 0.3 is 0 Å². The number of rotatable bonds is 0. The number of piperidine rings is 1. The quantitative estimate of drug-likeness (QED) is 0.668. The normalized spacial score (nSPS) is 27.4. The van der Waals surface area contributed by atoms with Gasteiger partial charge in [-0.25, -0.2) is 0 Å². The van der Waals surface area contributed by atoms with Crippen LogP contribution in [0.25, 0.3) is 5.57 Å². The minimum absolute atomic E-state index is 0.710. The van der Waals surface area contributed by atoms with Crippen LogP contribution in [0, 0.1) is 19.8 Å². The zero-order chi connectivity index (χ0) is 12.9. The fraction of sp³-hybridized carbons (Fsp3) is 0.529. The van der Waals surface area contributed by atoms with Crippen LogP contribution in [-0.2, 0) is 0 Å². The van der Waals surface area contributed by atoms with E-state index in [9.17, 15) is 0 Å². The van der Waals surface area contributed by atoms with Gasteiger partial charge in [-0.05, 0) is 74.5 Å². The molecule has 18 heavy (non-hydrogen) atoms. The minimum atomic E-state index is 0.710. The van der Waals surface area contributed by atoms with Crippen molar-refractivity contribution in [3.05, 3.63) is 40.5 Å². The van der Waals surface area contributed by atoms with Crippen LogP contribution >= 0.6 is 0 Å². The number of benzene rings is 1. The van der Waals surface area contributed by atoms with Crippen molar-refractivity contribution in [3.8, 4) is 0 Å². The topological polar surface area (TPSA) is 3.24 Å². The Kier molecular flexibility index (Phi) is 2.82. The summed E-state index contributed by atoms with van der Waals surface area (Å²) >= 11 is 0. The van der Waals surface area contributed by atoms with E-state index in [2.05, 4.69) is 50.9 Å². The smallest absolute Gasteiger partial charge is 0.00531 e. The van der Waals surface area contributed by atoms with Crippen LogP contribution in [-0.4, -0.2) is 25.0 Å². The summed E-state index contributed by atoms with van der Waals surface area (Å²) in [6.45, 7) is 9.20. The lowest BCUT2D eigenvalue weighted by molar-refractivity contribution is 0.213. The van der Waals surface area contributed by atoms with E-state index in [0.29, 0.717) is 5.92 Å². The van der Waals surface area contributed by atoms with Gasteiger partial charge < -0.3 is 4.90 Å². The second kappa shape index (κ2) is 4.24. The highest BCUT2D eigenvalue weighted by Crippen LogP contribution is 2.42. The van der Waals surface area contributed by atoms with Gasteiger partial charge in [-0.1, -0.05) is 18.2 Å². The van der Waals surface area contributed by atoms with Crippen LogP contribution < -0.4 is 0 Å². The lowest BCUT2D eigenvalue weighted by Gasteiger charge is -2.40. The summed E-state index contributed by atoms with van der Waals surface area (Å²) in [6, 6.07) is 4.83. The molecule has 1 aliphatic carbocycles. The monoisotopic (exact) mass is 241 g/mol. The molecule has 1 nitrogen and oxygen atoms in total. The first kappa shape index (κ1) is 12.0. The highest BCUT2D eigenvalue weighted by atomic mass is 15.1. The molecular weight excluding hydrogens is 218 g/mol. The lowest BCUT2D eigenvalue weighted by Crippen LogP contribution is -2.37. The van der Waals surface area contributed by atoms with Gasteiger partial charge in [0.05, 0.1) is 0 Å². The van der Waals surface area contributed by atoms with Gasteiger partial charge in [0.1, 0.15) is 0 Å². The van der Waals surface area contributed by atoms with E-state index in [1.165, 1.54) is 41.8 Å². The van der Waals surface area contributed by atoms with Gasteiger partial charge in [-0.15, -0.1) is 0 Å². The van der Waals surface area contributed by atoms with E-state index in [4.69, 9.17) is 0 Å². The van der Waals surface area contributed by atoms with Crippen molar-refractivity contribution in [3.63, 3.8) is 0 Å². The number of likely N-dealkylation sites (N-methyl/N-ethyl adjacent to an activating group) is 1. The second-order valence-corrected chi connectivity index (χ2v) is 6.19. The highest BCUT2D eigenvalue weighted by molar-refractivity contribution is 5.71. The number of likely N-dealkylation sites (tertiary alicyclic amines) is 1. The number of hydrogen-bond donors (Lipinski definition) is 0. The molecular formula is C17H23N. The van der Waals surface area contributed by atoms with E-state index >= 15 is 0 Å². The Bertz CT molecular complexity index is 513. The van der Waals surface area contributed by atoms with Crippen molar-refractivity contribution in [1.29, 1.82) is 0 Å². The molecule has 0 bridgehead atoms. The van der Waals surface area contributed by atoms with E-state index in [1.807, 2.05) is 0 Å². The SMILES string of the molecule is CC1=CC2CCN(C)CC2c2cc(C)c(C)cc21. The van der Waals surface area contributed by atoms with Gasteiger partial charge in [0, 0.05) is 12.5 Å². The minimum Gasteiger partial charge on any atom is -0.306 e. The maximum atomic E-state index is 2.52. The van der Waals surface area contributed by atoms with Gasteiger partial charge in [0.15, 0.2) is 0 Å². The molecule has 1 aromatic carbocycles. The molecule has 1 fully saturated rings. The number of allylic oxidation sites excluding steroid dienone is 2. The van der Waals surface area contributed by atoms with Gasteiger partial charge in [0.25, 0.3) is 0 Å². The summed E-state index contributed by atoms with van der Waals surface area (Å²) in [5, 5.41) is 0. The Morgan fingerprint density at radius 3 is 2.61 bits per heavy atom. The first-order valence-electron chi connectivity index (χ1n) is 7.04. The molecule has 2 atom stereocenters. The zero-order valence-corrected chi connectivity index (χ0v) is 12.0. The summed E-state index contributed by atoms with van der Waals surface area (Å²) in [7, 11) is 2.25. The average Bonchev–Trinajstić information content (AvgIpc) is 2.33. The van der Waals surface area contributed by atoms with Crippen LogP contribution in [0.2, 0.25) is 0 Å². The van der Waals surface area contributed by atoms with Crippen molar-refractivity contribution < 1.29 is 0 Å². The maximum absolute atomic E-state index is 2.52. The Balaban J connectivity index is 2.12. The van der Waals surface area contributed by atoms with Crippen molar-refractivity contribution in [2.24, 2.45) is 5.92 Å². The Morgan fingerprint density at radius 1 is 1.11 bits per heavy atom. The third kappa shape index (κ3) is 1.81. The molecule has 0 spiro atoms. The Labute approximate surface area is 111 Å². The third-order valence-corrected chi connectivity index (χ3v) is 4.82. The van der Waals surface area contributed by atoms with Crippen molar-refractivity contribution >= 4 is 5.57 Å². The van der Waals surface area contributed by atoms with Gasteiger partial charge in [-0.2, -0.15) is 0 Å². The molecule has 1 heteroatoms.